The van der Waals surface area contributed by atoms with Crippen LogP contribution in [0.5, 0.6) is 0 Å². The molecule has 0 spiro atoms. The van der Waals surface area contributed by atoms with Gasteiger partial charge in [-0.1, -0.05) is 6.92 Å². The molecule has 0 radical (unpaired) electrons. The molecule has 0 heterocycles. The molecule has 0 aliphatic rings. The minimum Gasteiger partial charge on any atom is -0.464 e. The van der Waals surface area contributed by atoms with Crippen LogP contribution in [0.1, 0.15) is 34.1 Å². The highest BCUT2D eigenvalue weighted by molar-refractivity contribution is 5.89. The van der Waals surface area contributed by atoms with Gasteiger partial charge < -0.3 is 14.8 Å². The van der Waals surface area contributed by atoms with Crippen LogP contribution in [0.3, 0.4) is 0 Å². The van der Waals surface area contributed by atoms with Gasteiger partial charge in [0.1, 0.15) is 11.6 Å². The molecule has 0 aromatic rings. The van der Waals surface area contributed by atoms with Crippen LogP contribution in [0, 0.1) is 0 Å². The summed E-state index contributed by atoms with van der Waals surface area (Å²) in [5.74, 6) is -0.747. The Kier molecular flexibility index (Phi) is 6.03. The van der Waals surface area contributed by atoms with E-state index in [0.717, 1.165) is 0 Å². The lowest BCUT2D eigenvalue weighted by Crippen LogP contribution is -2.51. The molecule has 0 rings (SSSR count). The van der Waals surface area contributed by atoms with Gasteiger partial charge in [0.2, 0.25) is 0 Å². The third-order valence-electron chi connectivity index (χ3n) is 2.59. The lowest BCUT2D eigenvalue weighted by molar-refractivity contribution is -0.151. The van der Waals surface area contributed by atoms with E-state index >= 15 is 0 Å². The lowest BCUT2D eigenvalue weighted by atomic mass is 10.0. The number of esters is 1. The minimum atomic E-state index is -0.902. The molecule has 5 heteroatoms. The molecule has 2 atom stereocenters. The summed E-state index contributed by atoms with van der Waals surface area (Å²) >= 11 is 0. The van der Waals surface area contributed by atoms with Crippen LogP contribution in [0.2, 0.25) is 0 Å². The van der Waals surface area contributed by atoms with E-state index in [-0.39, 0.29) is 5.91 Å². The molecule has 16 heavy (non-hydrogen) atoms. The SMILES string of the molecule is CCOC(=O)C(C)NC(=O)C(C)(CC)OC. The van der Waals surface area contributed by atoms with Crippen LogP contribution in [-0.2, 0) is 19.1 Å². The topological polar surface area (TPSA) is 64.6 Å². The number of hydrogen-bond donors (Lipinski definition) is 1. The monoisotopic (exact) mass is 231 g/mol. The van der Waals surface area contributed by atoms with E-state index in [1.54, 1.807) is 20.8 Å². The van der Waals surface area contributed by atoms with E-state index in [4.69, 9.17) is 9.47 Å². The first-order valence-electron chi connectivity index (χ1n) is 5.44. The number of nitrogens with one attached hydrogen (secondary N) is 1. The zero-order chi connectivity index (χ0) is 12.8. The molecule has 0 aliphatic heterocycles. The Morgan fingerprint density at radius 3 is 2.31 bits per heavy atom. The molecule has 5 nitrogen and oxygen atoms in total. The van der Waals surface area contributed by atoms with E-state index in [0.29, 0.717) is 13.0 Å². The van der Waals surface area contributed by atoms with Crippen molar-refractivity contribution in [3.63, 3.8) is 0 Å². The molecule has 1 N–H and O–H groups in total. The van der Waals surface area contributed by atoms with Crippen molar-refractivity contribution in [3.8, 4) is 0 Å². The van der Waals surface area contributed by atoms with Crippen LogP contribution in [0.25, 0.3) is 0 Å². The number of carbonyl (C=O) groups excluding carboxylic acids is 2. The highest BCUT2D eigenvalue weighted by Crippen LogP contribution is 2.14. The number of hydrogen-bond acceptors (Lipinski definition) is 4. The van der Waals surface area contributed by atoms with E-state index in [9.17, 15) is 9.59 Å². The first kappa shape index (κ1) is 14.9. The third-order valence-corrected chi connectivity index (χ3v) is 2.59. The first-order valence-corrected chi connectivity index (χ1v) is 5.44. The van der Waals surface area contributed by atoms with Crippen LogP contribution < -0.4 is 5.32 Å². The zero-order valence-corrected chi connectivity index (χ0v) is 10.6. The van der Waals surface area contributed by atoms with E-state index in [1.165, 1.54) is 7.11 Å². The van der Waals surface area contributed by atoms with Gasteiger partial charge in [-0.2, -0.15) is 0 Å². The molecule has 0 fully saturated rings. The maximum Gasteiger partial charge on any atom is 0.328 e. The van der Waals surface area contributed by atoms with Crippen molar-refractivity contribution in [2.75, 3.05) is 13.7 Å². The average molecular weight is 231 g/mol. The Hall–Kier alpha value is -1.10. The summed E-state index contributed by atoms with van der Waals surface area (Å²) in [6.07, 6.45) is 0.533. The molecule has 0 saturated heterocycles. The summed E-state index contributed by atoms with van der Waals surface area (Å²) in [6, 6.07) is -0.659. The van der Waals surface area contributed by atoms with Crippen LogP contribution in [0.15, 0.2) is 0 Å². The molecule has 0 saturated carbocycles. The number of methoxy groups -OCH3 is 1. The first-order chi connectivity index (χ1) is 7.41. The summed E-state index contributed by atoms with van der Waals surface area (Å²) in [7, 11) is 1.47. The second kappa shape index (κ2) is 6.48. The fraction of sp³-hybridized carbons (Fsp3) is 0.818. The van der Waals surface area contributed by atoms with Crippen molar-refractivity contribution in [3.05, 3.63) is 0 Å². The number of amides is 1. The predicted molar refractivity (Wildman–Crippen MR) is 59.9 cm³/mol. The lowest BCUT2D eigenvalue weighted by Gasteiger charge is -2.26. The van der Waals surface area contributed by atoms with Gasteiger partial charge in [0.15, 0.2) is 0 Å². The van der Waals surface area contributed by atoms with Gasteiger partial charge in [-0.05, 0) is 27.2 Å². The van der Waals surface area contributed by atoms with Gasteiger partial charge in [-0.3, -0.25) is 4.79 Å². The quantitative estimate of drug-likeness (QED) is 0.689. The Morgan fingerprint density at radius 2 is 1.94 bits per heavy atom. The van der Waals surface area contributed by atoms with Crippen LogP contribution in [0.4, 0.5) is 0 Å². The van der Waals surface area contributed by atoms with Gasteiger partial charge in [0.05, 0.1) is 6.61 Å². The third kappa shape index (κ3) is 3.81. The van der Waals surface area contributed by atoms with Crippen LogP contribution in [-0.4, -0.2) is 37.2 Å². The molecule has 0 aromatic heterocycles. The second-order valence-electron chi connectivity index (χ2n) is 3.74. The van der Waals surface area contributed by atoms with E-state index < -0.39 is 17.6 Å². The van der Waals surface area contributed by atoms with Gasteiger partial charge in [-0.25, -0.2) is 4.79 Å². The number of carbonyl (C=O) groups is 2. The van der Waals surface area contributed by atoms with Crippen molar-refractivity contribution in [2.24, 2.45) is 0 Å². The van der Waals surface area contributed by atoms with Crippen molar-refractivity contribution in [1.82, 2.24) is 5.32 Å². The van der Waals surface area contributed by atoms with Crippen molar-refractivity contribution in [2.45, 2.75) is 45.8 Å². The van der Waals surface area contributed by atoms with E-state index in [2.05, 4.69) is 5.32 Å². The second-order valence-corrected chi connectivity index (χ2v) is 3.74. The highest BCUT2D eigenvalue weighted by atomic mass is 16.5. The molecule has 2 unspecified atom stereocenters. The highest BCUT2D eigenvalue weighted by Gasteiger charge is 2.33. The minimum absolute atomic E-state index is 0.300. The maximum atomic E-state index is 11.8. The Bertz CT molecular complexity index is 248. The molecule has 94 valence electrons. The van der Waals surface area contributed by atoms with Crippen molar-refractivity contribution < 1.29 is 19.1 Å². The number of rotatable bonds is 6. The van der Waals surface area contributed by atoms with Crippen molar-refractivity contribution >= 4 is 11.9 Å². The number of ether oxygens (including phenoxy) is 2. The molecule has 0 aliphatic carbocycles. The predicted octanol–water partition coefficient (Wildman–Crippen LogP) is 0.869. The molecular weight excluding hydrogens is 210 g/mol. The molecule has 1 amide bonds. The summed E-state index contributed by atoms with van der Waals surface area (Å²) in [5, 5.41) is 2.57. The van der Waals surface area contributed by atoms with Gasteiger partial charge in [0.25, 0.3) is 5.91 Å². The summed E-state index contributed by atoms with van der Waals surface area (Å²) in [6.45, 7) is 7.13. The standard InChI is InChI=1S/C11H21NO4/c1-6-11(4,15-5)10(14)12-8(3)9(13)16-7-2/h8H,6-7H2,1-5H3,(H,12,14). The molecule has 0 bridgehead atoms. The van der Waals surface area contributed by atoms with E-state index in [1.807, 2.05) is 6.92 Å². The summed E-state index contributed by atoms with van der Waals surface area (Å²) in [4.78, 5) is 23.1. The summed E-state index contributed by atoms with van der Waals surface area (Å²) < 4.78 is 9.92. The Labute approximate surface area is 96.5 Å². The average Bonchev–Trinajstić information content (AvgIpc) is 2.28. The maximum absolute atomic E-state index is 11.8. The van der Waals surface area contributed by atoms with Gasteiger partial charge in [-0.15, -0.1) is 0 Å². The molecule has 0 aromatic carbocycles. The van der Waals surface area contributed by atoms with Gasteiger partial charge in [0, 0.05) is 7.11 Å². The molecular formula is C11H21NO4. The zero-order valence-electron chi connectivity index (χ0n) is 10.6. The Morgan fingerprint density at radius 1 is 1.38 bits per heavy atom. The fourth-order valence-electron chi connectivity index (χ4n) is 1.07. The van der Waals surface area contributed by atoms with Crippen LogP contribution >= 0.6 is 0 Å². The fourth-order valence-corrected chi connectivity index (χ4v) is 1.07. The normalized spacial score (nSPS) is 16.1. The Balaban J connectivity index is 4.39. The smallest absolute Gasteiger partial charge is 0.328 e. The largest absolute Gasteiger partial charge is 0.464 e. The van der Waals surface area contributed by atoms with Gasteiger partial charge >= 0.3 is 5.97 Å². The van der Waals surface area contributed by atoms with Crippen molar-refractivity contribution in [1.29, 1.82) is 0 Å². The summed E-state index contributed by atoms with van der Waals surface area (Å²) in [5.41, 5.74) is -0.902.